The number of aromatic nitrogens is 1. The molecule has 0 atom stereocenters. The summed E-state index contributed by atoms with van der Waals surface area (Å²) in [5.41, 5.74) is 3.08. The van der Waals surface area contributed by atoms with E-state index in [4.69, 9.17) is 16.0 Å². The Morgan fingerprint density at radius 3 is 2.68 bits per heavy atom. The molecule has 4 rings (SSSR count). The van der Waals surface area contributed by atoms with Gasteiger partial charge in [0, 0.05) is 34.2 Å². The molecule has 0 saturated heterocycles. The van der Waals surface area contributed by atoms with Crippen LogP contribution in [0.1, 0.15) is 16.2 Å². The fraction of sp³-hybridized carbons (Fsp3) is 0.100. The van der Waals surface area contributed by atoms with Gasteiger partial charge in [-0.15, -0.1) is 0 Å². The molecule has 2 aromatic heterocycles. The molecule has 4 nitrogen and oxygen atoms in total. The summed E-state index contributed by atoms with van der Waals surface area (Å²) in [7, 11) is 1.70. The Hall–Kier alpha value is -2.85. The number of carbonyl (C=O) groups is 1. The van der Waals surface area contributed by atoms with Gasteiger partial charge in [-0.25, -0.2) is 0 Å². The van der Waals surface area contributed by atoms with Gasteiger partial charge in [0.25, 0.3) is 5.91 Å². The number of hydrogen-bond donors (Lipinski definition) is 0. The average molecular weight is 351 g/mol. The van der Waals surface area contributed by atoms with E-state index in [0.29, 0.717) is 16.3 Å². The van der Waals surface area contributed by atoms with Crippen molar-refractivity contribution in [3.8, 4) is 0 Å². The standard InChI is InChI=1S/C20H15ClN2O2/c1-12-16-11-18(20(24)23(2)14-7-5-6-13(21)10-14)25-19(16)15-8-3-4-9-17(15)22-12/h3-11H,1-2H3. The van der Waals surface area contributed by atoms with Gasteiger partial charge in [-0.3, -0.25) is 9.78 Å². The topological polar surface area (TPSA) is 46.3 Å². The number of para-hydroxylation sites is 1. The number of halogens is 1. The summed E-state index contributed by atoms with van der Waals surface area (Å²) in [4.78, 5) is 19.0. The molecule has 0 spiro atoms. The number of nitrogens with zero attached hydrogens (tertiary/aromatic N) is 2. The van der Waals surface area contributed by atoms with Crippen LogP contribution >= 0.6 is 11.6 Å². The molecule has 0 saturated carbocycles. The van der Waals surface area contributed by atoms with Crippen LogP contribution in [0.15, 0.2) is 59.0 Å². The van der Waals surface area contributed by atoms with Gasteiger partial charge in [0.2, 0.25) is 0 Å². The summed E-state index contributed by atoms with van der Waals surface area (Å²) in [6.45, 7) is 1.92. The van der Waals surface area contributed by atoms with Crippen LogP contribution < -0.4 is 4.90 Å². The minimum absolute atomic E-state index is 0.234. The molecule has 0 aliphatic rings. The van der Waals surface area contributed by atoms with Gasteiger partial charge in [-0.1, -0.05) is 29.8 Å². The molecular weight excluding hydrogens is 336 g/mol. The van der Waals surface area contributed by atoms with Crippen LogP contribution in [-0.4, -0.2) is 17.9 Å². The van der Waals surface area contributed by atoms with Crippen LogP contribution in [0.25, 0.3) is 21.9 Å². The van der Waals surface area contributed by atoms with Crippen molar-refractivity contribution in [2.75, 3.05) is 11.9 Å². The third-order valence-electron chi connectivity index (χ3n) is 4.27. The molecule has 124 valence electrons. The molecule has 2 heterocycles. The van der Waals surface area contributed by atoms with Crippen molar-refractivity contribution >= 4 is 45.1 Å². The molecular formula is C20H15ClN2O2. The molecule has 0 aliphatic heterocycles. The van der Waals surface area contributed by atoms with Gasteiger partial charge >= 0.3 is 0 Å². The number of amides is 1. The summed E-state index contributed by atoms with van der Waals surface area (Å²) in [6.07, 6.45) is 0. The fourth-order valence-corrected chi connectivity index (χ4v) is 3.12. The summed E-state index contributed by atoms with van der Waals surface area (Å²) in [5, 5.41) is 2.32. The Bertz CT molecular complexity index is 1120. The lowest BCUT2D eigenvalue weighted by Gasteiger charge is -2.15. The van der Waals surface area contributed by atoms with E-state index in [1.807, 2.05) is 43.3 Å². The van der Waals surface area contributed by atoms with Crippen LogP contribution in [0.5, 0.6) is 0 Å². The van der Waals surface area contributed by atoms with E-state index in [2.05, 4.69) is 4.98 Å². The van der Waals surface area contributed by atoms with Crippen molar-refractivity contribution in [3.05, 3.63) is 71.1 Å². The highest BCUT2D eigenvalue weighted by molar-refractivity contribution is 6.31. The Kier molecular flexibility index (Phi) is 3.70. The predicted molar refractivity (Wildman–Crippen MR) is 100 cm³/mol. The molecule has 1 amide bonds. The monoisotopic (exact) mass is 350 g/mol. The lowest BCUT2D eigenvalue weighted by Crippen LogP contribution is -2.25. The van der Waals surface area contributed by atoms with E-state index in [1.54, 1.807) is 25.2 Å². The second kappa shape index (κ2) is 5.90. The molecule has 0 fully saturated rings. The first-order valence-corrected chi connectivity index (χ1v) is 8.25. The first-order chi connectivity index (χ1) is 12.0. The van der Waals surface area contributed by atoms with Gasteiger partial charge < -0.3 is 9.32 Å². The van der Waals surface area contributed by atoms with Gasteiger partial charge in [-0.2, -0.15) is 0 Å². The maximum atomic E-state index is 12.8. The molecule has 0 aliphatic carbocycles. The number of fused-ring (bicyclic) bond motifs is 3. The maximum absolute atomic E-state index is 12.8. The molecule has 0 N–H and O–H groups in total. The normalized spacial score (nSPS) is 11.2. The Balaban J connectivity index is 1.83. The van der Waals surface area contributed by atoms with Crippen LogP contribution in [0.2, 0.25) is 5.02 Å². The van der Waals surface area contributed by atoms with Gasteiger partial charge in [0.05, 0.1) is 5.52 Å². The smallest absolute Gasteiger partial charge is 0.293 e. The van der Waals surface area contributed by atoms with Crippen LogP contribution in [-0.2, 0) is 0 Å². The molecule has 4 aromatic rings. The second-order valence-corrected chi connectivity index (χ2v) is 6.35. The fourth-order valence-electron chi connectivity index (χ4n) is 2.94. The Morgan fingerprint density at radius 1 is 1.08 bits per heavy atom. The SMILES string of the molecule is Cc1nc2ccccc2c2oc(C(=O)N(C)c3cccc(Cl)c3)cc12. The largest absolute Gasteiger partial charge is 0.450 e. The minimum atomic E-state index is -0.234. The van der Waals surface area contributed by atoms with Crippen LogP contribution in [0.4, 0.5) is 5.69 Å². The van der Waals surface area contributed by atoms with E-state index < -0.39 is 0 Å². The lowest BCUT2D eigenvalue weighted by atomic mass is 10.1. The van der Waals surface area contributed by atoms with Crippen molar-refractivity contribution in [2.24, 2.45) is 0 Å². The first kappa shape index (κ1) is 15.7. The van der Waals surface area contributed by atoms with Crippen molar-refractivity contribution in [3.63, 3.8) is 0 Å². The number of carbonyl (C=O) groups excluding carboxylic acids is 1. The third kappa shape index (κ3) is 2.65. The average Bonchev–Trinajstić information content (AvgIpc) is 3.07. The van der Waals surface area contributed by atoms with Crippen LogP contribution in [0, 0.1) is 6.92 Å². The van der Waals surface area contributed by atoms with E-state index in [0.717, 1.165) is 22.0 Å². The lowest BCUT2D eigenvalue weighted by molar-refractivity contribution is 0.0968. The van der Waals surface area contributed by atoms with E-state index in [-0.39, 0.29) is 11.7 Å². The molecule has 25 heavy (non-hydrogen) atoms. The van der Waals surface area contributed by atoms with Crippen LogP contribution in [0.3, 0.4) is 0 Å². The van der Waals surface area contributed by atoms with Gasteiger partial charge in [0.1, 0.15) is 5.58 Å². The zero-order chi connectivity index (χ0) is 17.6. The summed E-state index contributed by atoms with van der Waals surface area (Å²) >= 11 is 6.02. The third-order valence-corrected chi connectivity index (χ3v) is 4.50. The maximum Gasteiger partial charge on any atom is 0.293 e. The molecule has 2 aromatic carbocycles. The number of rotatable bonds is 2. The molecule has 0 radical (unpaired) electrons. The van der Waals surface area contributed by atoms with E-state index in [9.17, 15) is 4.79 Å². The molecule has 0 unspecified atom stereocenters. The zero-order valence-corrected chi connectivity index (χ0v) is 14.5. The second-order valence-electron chi connectivity index (χ2n) is 5.91. The quantitative estimate of drug-likeness (QED) is 0.498. The van der Waals surface area contributed by atoms with Crippen molar-refractivity contribution in [2.45, 2.75) is 6.92 Å². The Morgan fingerprint density at radius 2 is 1.88 bits per heavy atom. The number of aryl methyl sites for hydroxylation is 1. The summed E-state index contributed by atoms with van der Waals surface area (Å²) < 4.78 is 5.93. The molecule has 0 bridgehead atoms. The van der Waals surface area contributed by atoms with Crippen molar-refractivity contribution < 1.29 is 9.21 Å². The van der Waals surface area contributed by atoms with Gasteiger partial charge in [-0.05, 0) is 43.3 Å². The van der Waals surface area contributed by atoms with E-state index in [1.165, 1.54) is 4.90 Å². The highest BCUT2D eigenvalue weighted by atomic mass is 35.5. The zero-order valence-electron chi connectivity index (χ0n) is 13.8. The van der Waals surface area contributed by atoms with Crippen molar-refractivity contribution in [1.82, 2.24) is 4.98 Å². The van der Waals surface area contributed by atoms with Crippen molar-refractivity contribution in [1.29, 1.82) is 0 Å². The molecule has 5 heteroatoms. The predicted octanol–water partition coefficient (Wildman–Crippen LogP) is 5.22. The minimum Gasteiger partial charge on any atom is -0.450 e. The van der Waals surface area contributed by atoms with E-state index >= 15 is 0 Å². The highest BCUT2D eigenvalue weighted by Gasteiger charge is 2.20. The number of anilines is 1. The first-order valence-electron chi connectivity index (χ1n) is 7.87. The summed E-state index contributed by atoms with van der Waals surface area (Å²) in [6, 6.07) is 16.6. The number of benzene rings is 2. The highest BCUT2D eigenvalue weighted by Crippen LogP contribution is 2.30. The number of hydrogen-bond acceptors (Lipinski definition) is 3. The number of pyridine rings is 1. The number of furan rings is 1. The Labute approximate surface area is 149 Å². The van der Waals surface area contributed by atoms with Gasteiger partial charge in [0.15, 0.2) is 5.76 Å². The summed E-state index contributed by atoms with van der Waals surface area (Å²) in [5.74, 6) is 0.0423.